The zero-order valence-corrected chi connectivity index (χ0v) is 22.1. The second-order valence-electron chi connectivity index (χ2n) is 9.02. The molecule has 2 aliphatic rings. The van der Waals surface area contributed by atoms with Crippen LogP contribution < -0.4 is 26.0 Å². The third-order valence-electron chi connectivity index (χ3n) is 5.66. The summed E-state index contributed by atoms with van der Waals surface area (Å²) in [6.45, 7) is 1.64. The van der Waals surface area contributed by atoms with E-state index in [-0.39, 0.29) is 5.70 Å². The van der Waals surface area contributed by atoms with Crippen LogP contribution in [0.4, 0.5) is 22.1 Å². The maximum atomic E-state index is 12.0. The molecule has 0 bridgehead atoms. The Morgan fingerprint density at radius 3 is 2.78 bits per heavy atom. The Balaban J connectivity index is 1.40. The number of carbonyl (C=O) groups is 2. The van der Waals surface area contributed by atoms with Crippen LogP contribution in [0.2, 0.25) is 0 Å². The lowest BCUT2D eigenvalue weighted by Gasteiger charge is -2.14. The molecular weight excluding hydrogens is 575 g/mol. The quantitative estimate of drug-likeness (QED) is 0.121. The lowest BCUT2D eigenvalue weighted by atomic mass is 10.2. The normalized spacial score (nSPS) is 16.5. The summed E-state index contributed by atoms with van der Waals surface area (Å²) in [5, 5.41) is 16.0. The number of hydrogen-bond acceptors (Lipinski definition) is 8. The van der Waals surface area contributed by atoms with Crippen LogP contribution in [0.25, 0.3) is 11.7 Å². The van der Waals surface area contributed by atoms with Crippen molar-refractivity contribution in [1.29, 1.82) is 0 Å². The van der Waals surface area contributed by atoms with Gasteiger partial charge in [-0.15, -0.1) is 0 Å². The Hall–Kier alpha value is -3.39. The minimum atomic E-state index is -0.547. The fourth-order valence-corrected chi connectivity index (χ4v) is 4.40. The second kappa shape index (κ2) is 10.3. The van der Waals surface area contributed by atoms with E-state index in [1.165, 1.54) is 0 Å². The second-order valence-corrected chi connectivity index (χ2v) is 10.2. The van der Waals surface area contributed by atoms with Crippen LogP contribution in [-0.2, 0) is 4.79 Å². The van der Waals surface area contributed by atoms with Gasteiger partial charge >= 0.3 is 6.03 Å². The molecule has 0 unspecified atom stereocenters. The highest BCUT2D eigenvalue weighted by molar-refractivity contribution is 14.1. The number of ether oxygens (including phenoxy) is 1. The Morgan fingerprint density at radius 1 is 1.25 bits per heavy atom. The predicted molar refractivity (Wildman–Crippen MR) is 145 cm³/mol. The number of nitrogens with one attached hydrogen (secondary N) is 4. The lowest BCUT2D eigenvalue weighted by molar-refractivity contribution is -0.115. The summed E-state index contributed by atoms with van der Waals surface area (Å²) in [5.74, 6) is 1.79. The molecule has 2 fully saturated rings. The van der Waals surface area contributed by atoms with Gasteiger partial charge in [0.1, 0.15) is 23.1 Å². The van der Waals surface area contributed by atoms with Gasteiger partial charge in [0.15, 0.2) is 5.65 Å². The summed E-state index contributed by atoms with van der Waals surface area (Å²) in [6.07, 6.45) is 6.36. The van der Waals surface area contributed by atoms with Gasteiger partial charge in [-0.1, -0.05) is 0 Å². The first-order valence-corrected chi connectivity index (χ1v) is 12.8. The zero-order valence-electron chi connectivity index (χ0n) is 20.0. The Kier molecular flexibility index (Phi) is 6.96. The molecule has 3 aromatic rings. The van der Waals surface area contributed by atoms with Gasteiger partial charge in [0.05, 0.1) is 16.4 Å². The van der Waals surface area contributed by atoms with Crippen molar-refractivity contribution < 1.29 is 14.3 Å². The van der Waals surface area contributed by atoms with Gasteiger partial charge in [0.25, 0.3) is 5.91 Å². The molecule has 0 atom stereocenters. The fraction of sp³-hybridized carbons (Fsp3) is 0.333. The first-order valence-electron chi connectivity index (χ1n) is 11.7. The zero-order chi connectivity index (χ0) is 25.2. The van der Waals surface area contributed by atoms with Gasteiger partial charge in [0, 0.05) is 29.9 Å². The third-order valence-corrected chi connectivity index (χ3v) is 6.50. The van der Waals surface area contributed by atoms with Crippen molar-refractivity contribution in [2.24, 2.45) is 0 Å². The van der Waals surface area contributed by atoms with E-state index in [1.54, 1.807) is 16.8 Å². The van der Waals surface area contributed by atoms with E-state index >= 15 is 0 Å². The molecule has 1 aliphatic carbocycles. The van der Waals surface area contributed by atoms with Gasteiger partial charge in [-0.05, 0) is 80.2 Å². The molecule has 36 heavy (non-hydrogen) atoms. The summed E-state index contributed by atoms with van der Waals surface area (Å²) in [4.78, 5) is 30.4. The van der Waals surface area contributed by atoms with Gasteiger partial charge < -0.3 is 25.6 Å². The fourth-order valence-electron chi connectivity index (χ4n) is 3.73. The van der Waals surface area contributed by atoms with Crippen molar-refractivity contribution in [3.05, 3.63) is 45.3 Å². The molecule has 4 N–H and O–H groups in total. The number of benzene rings is 1. The first kappa shape index (κ1) is 24.3. The van der Waals surface area contributed by atoms with Crippen molar-refractivity contribution in [1.82, 2.24) is 30.1 Å². The molecule has 1 saturated carbocycles. The van der Waals surface area contributed by atoms with E-state index in [0.29, 0.717) is 29.7 Å². The molecule has 188 valence electrons. The molecule has 0 radical (unpaired) electrons. The molecule has 1 aromatic carbocycles. The number of nitrogens with zero attached hydrogens (tertiary/aromatic N) is 4. The maximum absolute atomic E-state index is 12.0. The van der Waals surface area contributed by atoms with Crippen LogP contribution in [0.15, 0.2) is 36.2 Å². The number of fused-ring (bicyclic) bond motifs is 1. The van der Waals surface area contributed by atoms with Gasteiger partial charge in [-0.3, -0.25) is 10.1 Å². The van der Waals surface area contributed by atoms with Crippen molar-refractivity contribution in [3.8, 4) is 5.75 Å². The molecule has 5 rings (SSSR count). The van der Waals surface area contributed by atoms with E-state index in [0.717, 1.165) is 46.6 Å². The number of imide groups is 1. The van der Waals surface area contributed by atoms with Crippen molar-refractivity contribution in [2.75, 3.05) is 37.9 Å². The van der Waals surface area contributed by atoms with Crippen molar-refractivity contribution >= 4 is 63.6 Å². The number of aromatic nitrogens is 3. The van der Waals surface area contributed by atoms with Crippen LogP contribution in [0, 0.1) is 3.57 Å². The predicted octanol–water partition coefficient (Wildman–Crippen LogP) is 3.16. The highest BCUT2D eigenvalue weighted by atomic mass is 127. The number of anilines is 3. The first-order chi connectivity index (χ1) is 17.4. The number of carbonyl (C=O) groups excluding carboxylic acids is 2. The number of urea groups is 1. The summed E-state index contributed by atoms with van der Waals surface area (Å²) < 4.78 is 8.64. The molecule has 1 saturated heterocycles. The summed E-state index contributed by atoms with van der Waals surface area (Å²) in [7, 11) is 4.10. The molecule has 1 aliphatic heterocycles. The average Bonchev–Trinajstić information content (AvgIpc) is 3.46. The highest BCUT2D eigenvalue weighted by Crippen LogP contribution is 2.30. The smallest absolute Gasteiger partial charge is 0.326 e. The van der Waals surface area contributed by atoms with Crippen LogP contribution in [0.3, 0.4) is 0 Å². The SMILES string of the molecule is CN(C)CCCOc1ccc(Nc2cc(NC3CC3)n3ncc(/C=C4\NC(=O)NC4=O)c3n2)cc1I. The molecule has 12 heteroatoms. The van der Waals surface area contributed by atoms with Gasteiger partial charge in [-0.25, -0.2) is 9.78 Å². The van der Waals surface area contributed by atoms with E-state index in [4.69, 9.17) is 9.72 Å². The number of halogens is 1. The molecule has 2 aromatic heterocycles. The molecular formula is C24H27IN8O3. The summed E-state index contributed by atoms with van der Waals surface area (Å²) in [5.41, 5.74) is 2.19. The Labute approximate surface area is 221 Å². The van der Waals surface area contributed by atoms with Crippen molar-refractivity contribution in [3.63, 3.8) is 0 Å². The van der Waals surface area contributed by atoms with Gasteiger partial charge in [-0.2, -0.15) is 9.61 Å². The van der Waals surface area contributed by atoms with Gasteiger partial charge in [0.2, 0.25) is 0 Å². The lowest BCUT2D eigenvalue weighted by Crippen LogP contribution is -2.22. The van der Waals surface area contributed by atoms with E-state index < -0.39 is 11.9 Å². The van der Waals surface area contributed by atoms with E-state index in [2.05, 4.69) is 53.9 Å². The van der Waals surface area contributed by atoms with Crippen LogP contribution >= 0.6 is 22.6 Å². The number of amides is 3. The minimum Gasteiger partial charge on any atom is -0.492 e. The molecule has 0 spiro atoms. The molecule has 3 amide bonds. The average molecular weight is 602 g/mol. The van der Waals surface area contributed by atoms with Crippen LogP contribution in [0.5, 0.6) is 5.75 Å². The van der Waals surface area contributed by atoms with E-state index in [1.807, 2.05) is 38.4 Å². The van der Waals surface area contributed by atoms with Crippen LogP contribution in [0.1, 0.15) is 24.8 Å². The van der Waals surface area contributed by atoms with Crippen molar-refractivity contribution in [2.45, 2.75) is 25.3 Å². The topological polar surface area (TPSA) is 125 Å². The maximum Gasteiger partial charge on any atom is 0.326 e. The standard InChI is InChI=1S/C24H27IN8O3/c1-32(2)8-3-9-36-19-7-6-16(11-17(19)25)27-20-12-21(28-15-4-5-15)33-22(30-20)14(13-26-33)10-18-23(34)31-24(35)29-18/h6-7,10-13,15,28H,3-5,8-9H2,1-2H3,(H,27,30)(H2,29,31,34,35)/b18-10-. The minimum absolute atomic E-state index is 0.155. The largest absolute Gasteiger partial charge is 0.492 e. The Bertz CT molecular complexity index is 1350. The monoisotopic (exact) mass is 602 g/mol. The third kappa shape index (κ3) is 5.70. The highest BCUT2D eigenvalue weighted by Gasteiger charge is 2.25. The molecule has 3 heterocycles. The number of hydrogen-bond donors (Lipinski definition) is 4. The van der Waals surface area contributed by atoms with E-state index in [9.17, 15) is 9.59 Å². The number of rotatable bonds is 10. The molecule has 11 nitrogen and oxygen atoms in total. The summed E-state index contributed by atoms with van der Waals surface area (Å²) >= 11 is 2.27. The summed E-state index contributed by atoms with van der Waals surface area (Å²) in [6, 6.07) is 7.70. The Morgan fingerprint density at radius 2 is 2.08 bits per heavy atom. The van der Waals surface area contributed by atoms with Crippen LogP contribution in [-0.4, -0.2) is 64.7 Å².